The van der Waals surface area contributed by atoms with E-state index in [-0.39, 0.29) is 5.69 Å². The lowest BCUT2D eigenvalue weighted by molar-refractivity contribution is -0.385. The summed E-state index contributed by atoms with van der Waals surface area (Å²) in [6.07, 6.45) is 2.16. The van der Waals surface area contributed by atoms with Crippen LogP contribution in [0.15, 0.2) is 18.2 Å². The van der Waals surface area contributed by atoms with Gasteiger partial charge in [0.1, 0.15) is 0 Å². The van der Waals surface area contributed by atoms with E-state index in [1.165, 1.54) is 12.1 Å². The summed E-state index contributed by atoms with van der Waals surface area (Å²) >= 11 is 0. The number of hydrogen-bond acceptors (Lipinski definition) is 5. The Kier molecular flexibility index (Phi) is 5.07. The maximum absolute atomic E-state index is 14.2. The molecule has 1 atom stereocenters. The quantitative estimate of drug-likeness (QED) is 0.628. The number of ether oxygens (including phenoxy) is 1. The summed E-state index contributed by atoms with van der Waals surface area (Å²) in [5.74, 6) is -0.0114. The van der Waals surface area contributed by atoms with Gasteiger partial charge >= 0.3 is 0 Å². The Morgan fingerprint density at radius 3 is 2.78 bits per heavy atom. The van der Waals surface area contributed by atoms with E-state index in [0.717, 1.165) is 64.8 Å². The van der Waals surface area contributed by atoms with Gasteiger partial charge in [-0.3, -0.25) is 15.0 Å². The third-order valence-electron chi connectivity index (χ3n) is 4.62. The minimum atomic E-state index is -0.565. The highest BCUT2D eigenvalue weighted by molar-refractivity contribution is 5.52. The fraction of sp³-hybridized carbons (Fsp3) is 0.625. The van der Waals surface area contributed by atoms with Crippen LogP contribution in [0.1, 0.15) is 12.8 Å². The van der Waals surface area contributed by atoms with E-state index < -0.39 is 10.7 Å². The Balaban J connectivity index is 1.64. The van der Waals surface area contributed by atoms with Gasteiger partial charge in [-0.1, -0.05) is 0 Å². The molecule has 23 heavy (non-hydrogen) atoms. The Morgan fingerprint density at radius 2 is 2.09 bits per heavy atom. The molecule has 6 nitrogen and oxygen atoms in total. The van der Waals surface area contributed by atoms with Crippen molar-refractivity contribution in [1.82, 2.24) is 4.90 Å². The highest BCUT2D eigenvalue weighted by atomic mass is 19.1. The molecule has 0 radical (unpaired) electrons. The van der Waals surface area contributed by atoms with E-state index in [9.17, 15) is 14.5 Å². The van der Waals surface area contributed by atoms with Crippen molar-refractivity contribution >= 4 is 11.4 Å². The van der Waals surface area contributed by atoms with Gasteiger partial charge < -0.3 is 9.64 Å². The summed E-state index contributed by atoms with van der Waals surface area (Å²) < 4.78 is 19.6. The SMILES string of the molecule is O=[N+]([O-])c1ccc(N2CCCC(CN3CCOCC3)C2)c(F)c1. The molecule has 0 N–H and O–H groups in total. The molecule has 0 spiro atoms. The predicted molar refractivity (Wildman–Crippen MR) is 85.3 cm³/mol. The molecule has 2 aliphatic rings. The van der Waals surface area contributed by atoms with E-state index >= 15 is 0 Å². The van der Waals surface area contributed by atoms with Crippen molar-refractivity contribution in [1.29, 1.82) is 0 Å². The first-order valence-electron chi connectivity index (χ1n) is 8.12. The molecule has 0 aromatic heterocycles. The van der Waals surface area contributed by atoms with Gasteiger partial charge in [0.2, 0.25) is 0 Å². The van der Waals surface area contributed by atoms with Crippen LogP contribution in [-0.4, -0.2) is 55.8 Å². The highest BCUT2D eigenvalue weighted by Gasteiger charge is 2.25. The lowest BCUT2D eigenvalue weighted by Crippen LogP contribution is -2.44. The van der Waals surface area contributed by atoms with Crippen molar-refractivity contribution in [2.75, 3.05) is 50.8 Å². The standard InChI is InChI=1S/C16H22FN3O3/c17-15-10-14(20(21)22)3-4-16(15)19-5-1-2-13(12-19)11-18-6-8-23-9-7-18/h3-4,10,13H,1-2,5-9,11-12H2. The summed E-state index contributed by atoms with van der Waals surface area (Å²) in [5, 5.41) is 10.7. The van der Waals surface area contributed by atoms with Gasteiger partial charge in [0.05, 0.1) is 29.9 Å². The van der Waals surface area contributed by atoms with Gasteiger partial charge in [0.15, 0.2) is 5.82 Å². The normalized spacial score (nSPS) is 23.0. The van der Waals surface area contributed by atoms with Crippen LogP contribution in [0.5, 0.6) is 0 Å². The van der Waals surface area contributed by atoms with Gasteiger partial charge in [-0.25, -0.2) is 4.39 Å². The van der Waals surface area contributed by atoms with Crippen molar-refractivity contribution < 1.29 is 14.1 Å². The number of nitro groups is 1. The zero-order chi connectivity index (χ0) is 16.2. The zero-order valence-corrected chi connectivity index (χ0v) is 13.1. The lowest BCUT2D eigenvalue weighted by Gasteiger charge is -2.37. The molecule has 2 saturated heterocycles. The number of rotatable bonds is 4. The van der Waals surface area contributed by atoms with E-state index in [2.05, 4.69) is 4.90 Å². The molecule has 126 valence electrons. The van der Waals surface area contributed by atoms with Crippen LogP contribution >= 0.6 is 0 Å². The minimum absolute atomic E-state index is 0.201. The van der Waals surface area contributed by atoms with Crippen LogP contribution in [0.3, 0.4) is 0 Å². The number of non-ortho nitro benzene ring substituents is 1. The molecule has 1 aromatic rings. The molecule has 0 saturated carbocycles. The van der Waals surface area contributed by atoms with Crippen LogP contribution in [0.25, 0.3) is 0 Å². The monoisotopic (exact) mass is 323 g/mol. The Morgan fingerprint density at radius 1 is 1.30 bits per heavy atom. The van der Waals surface area contributed by atoms with Crippen LogP contribution in [-0.2, 0) is 4.74 Å². The van der Waals surface area contributed by atoms with Gasteiger partial charge in [0.25, 0.3) is 5.69 Å². The van der Waals surface area contributed by atoms with Crippen LogP contribution in [0, 0.1) is 21.8 Å². The number of benzene rings is 1. The molecular formula is C16H22FN3O3. The Bertz CT molecular complexity index is 564. The average molecular weight is 323 g/mol. The maximum atomic E-state index is 14.2. The molecule has 1 unspecified atom stereocenters. The van der Waals surface area contributed by atoms with E-state index in [4.69, 9.17) is 4.74 Å². The van der Waals surface area contributed by atoms with E-state index in [1.54, 1.807) is 0 Å². The summed E-state index contributed by atoms with van der Waals surface area (Å²) in [6, 6.07) is 3.93. The molecule has 1 aromatic carbocycles. The Hall–Kier alpha value is -1.73. The average Bonchev–Trinajstić information content (AvgIpc) is 2.56. The van der Waals surface area contributed by atoms with Crippen LogP contribution < -0.4 is 4.90 Å². The molecular weight excluding hydrogens is 301 g/mol. The molecule has 3 rings (SSSR count). The summed E-state index contributed by atoms with van der Waals surface area (Å²) in [7, 11) is 0. The number of piperidine rings is 1. The topological polar surface area (TPSA) is 58.9 Å². The van der Waals surface area contributed by atoms with Crippen molar-refractivity contribution in [3.63, 3.8) is 0 Å². The van der Waals surface area contributed by atoms with Crippen molar-refractivity contribution in [3.8, 4) is 0 Å². The molecule has 2 fully saturated rings. The Labute approximate surface area is 135 Å². The summed E-state index contributed by atoms with van der Waals surface area (Å²) in [6.45, 7) is 6.10. The van der Waals surface area contributed by atoms with Crippen LogP contribution in [0.2, 0.25) is 0 Å². The third-order valence-corrected chi connectivity index (χ3v) is 4.62. The van der Waals surface area contributed by atoms with Gasteiger partial charge in [-0.05, 0) is 24.8 Å². The van der Waals surface area contributed by atoms with E-state index in [0.29, 0.717) is 11.6 Å². The number of anilines is 1. The fourth-order valence-electron chi connectivity index (χ4n) is 3.45. The fourth-order valence-corrected chi connectivity index (χ4v) is 3.45. The molecule has 2 heterocycles. The highest BCUT2D eigenvalue weighted by Crippen LogP contribution is 2.28. The van der Waals surface area contributed by atoms with Crippen molar-refractivity contribution in [3.05, 3.63) is 34.1 Å². The molecule has 7 heteroatoms. The predicted octanol–water partition coefficient (Wildman–Crippen LogP) is 2.28. The van der Waals surface area contributed by atoms with Crippen molar-refractivity contribution in [2.24, 2.45) is 5.92 Å². The maximum Gasteiger partial charge on any atom is 0.272 e. The first-order chi connectivity index (χ1) is 11.1. The second-order valence-corrected chi connectivity index (χ2v) is 6.26. The first-order valence-corrected chi connectivity index (χ1v) is 8.12. The largest absolute Gasteiger partial charge is 0.379 e. The first kappa shape index (κ1) is 16.1. The van der Waals surface area contributed by atoms with E-state index in [1.807, 2.05) is 4.90 Å². The zero-order valence-electron chi connectivity index (χ0n) is 13.1. The van der Waals surface area contributed by atoms with Gasteiger partial charge in [-0.15, -0.1) is 0 Å². The summed E-state index contributed by atoms with van der Waals surface area (Å²) in [5.41, 5.74) is 0.274. The van der Waals surface area contributed by atoms with Gasteiger partial charge in [-0.2, -0.15) is 0 Å². The minimum Gasteiger partial charge on any atom is -0.379 e. The number of nitrogens with zero attached hydrogens (tertiary/aromatic N) is 3. The number of hydrogen-bond donors (Lipinski definition) is 0. The molecule has 2 aliphatic heterocycles. The second kappa shape index (κ2) is 7.23. The lowest BCUT2D eigenvalue weighted by atomic mass is 9.96. The third kappa shape index (κ3) is 3.97. The smallest absolute Gasteiger partial charge is 0.272 e. The number of nitro benzene ring substituents is 1. The molecule has 0 bridgehead atoms. The number of halogens is 1. The second-order valence-electron chi connectivity index (χ2n) is 6.26. The number of morpholine rings is 1. The molecule has 0 aliphatic carbocycles. The van der Waals surface area contributed by atoms with Crippen molar-refractivity contribution in [2.45, 2.75) is 12.8 Å². The van der Waals surface area contributed by atoms with Gasteiger partial charge in [0, 0.05) is 38.8 Å². The molecule has 0 amide bonds. The van der Waals surface area contributed by atoms with Crippen LogP contribution in [0.4, 0.5) is 15.8 Å². The summed E-state index contributed by atoms with van der Waals surface area (Å²) in [4.78, 5) is 14.6.